The first-order valence-corrected chi connectivity index (χ1v) is 8.91. The minimum Gasteiger partial charge on any atom is -0.397 e. The number of carbonyl (C=O) groups excluding carboxylic acids is 1. The van der Waals surface area contributed by atoms with Crippen molar-refractivity contribution < 1.29 is 4.79 Å². The highest BCUT2D eigenvalue weighted by atomic mass is 32.1. The van der Waals surface area contributed by atoms with E-state index in [4.69, 9.17) is 5.73 Å². The molecule has 0 unspecified atom stereocenters. The van der Waals surface area contributed by atoms with Gasteiger partial charge in [-0.2, -0.15) is 0 Å². The van der Waals surface area contributed by atoms with Crippen LogP contribution in [0.3, 0.4) is 0 Å². The molecule has 0 aliphatic rings. The van der Waals surface area contributed by atoms with Crippen LogP contribution < -0.4 is 11.1 Å². The maximum Gasteiger partial charge on any atom is 0.267 e. The number of amides is 1. The predicted molar refractivity (Wildman–Crippen MR) is 107 cm³/mol. The number of nitrogens with zero attached hydrogens (tertiary/aromatic N) is 1. The molecule has 25 heavy (non-hydrogen) atoms. The Kier molecular flexibility index (Phi) is 4.59. The van der Waals surface area contributed by atoms with Gasteiger partial charge in [0.2, 0.25) is 0 Å². The van der Waals surface area contributed by atoms with Crippen LogP contribution in [-0.4, -0.2) is 10.9 Å². The van der Waals surface area contributed by atoms with Gasteiger partial charge in [-0.05, 0) is 50.5 Å². The molecule has 4 nitrogen and oxygen atoms in total. The standard InChI is InChI=1S/C20H21N3OS/c1-5-6-15-12(3)16-17(21)18(25-20(16)22-13(15)4)19(24)23-14-9-7-11(2)8-10-14/h5,7-10H,1,6,21H2,2-4H3,(H,23,24). The third-order valence-electron chi connectivity index (χ3n) is 4.32. The highest BCUT2D eigenvalue weighted by Crippen LogP contribution is 2.37. The molecule has 0 fully saturated rings. The molecule has 0 saturated carbocycles. The maximum absolute atomic E-state index is 12.7. The minimum absolute atomic E-state index is 0.202. The van der Waals surface area contributed by atoms with Crippen LogP contribution in [-0.2, 0) is 6.42 Å². The Balaban J connectivity index is 2.03. The van der Waals surface area contributed by atoms with E-state index in [0.717, 1.165) is 44.7 Å². The molecule has 2 heterocycles. The lowest BCUT2D eigenvalue weighted by Crippen LogP contribution is -2.11. The molecule has 0 aliphatic carbocycles. The fraction of sp³-hybridized carbons (Fsp3) is 0.200. The van der Waals surface area contributed by atoms with Gasteiger partial charge in [-0.3, -0.25) is 4.79 Å². The summed E-state index contributed by atoms with van der Waals surface area (Å²) < 4.78 is 0. The Labute approximate surface area is 151 Å². The largest absolute Gasteiger partial charge is 0.397 e. The topological polar surface area (TPSA) is 68.0 Å². The number of thiophene rings is 1. The Hall–Kier alpha value is -2.66. The molecule has 3 rings (SSSR count). The summed E-state index contributed by atoms with van der Waals surface area (Å²) in [6, 6.07) is 7.68. The number of fused-ring (bicyclic) bond motifs is 1. The number of nitrogens with one attached hydrogen (secondary N) is 1. The number of pyridine rings is 1. The molecule has 0 bridgehead atoms. The second-order valence-corrected chi connectivity index (χ2v) is 7.14. The molecule has 1 aromatic carbocycles. The van der Waals surface area contributed by atoms with Gasteiger partial charge < -0.3 is 11.1 Å². The number of anilines is 2. The van der Waals surface area contributed by atoms with Gasteiger partial charge in [-0.25, -0.2) is 4.98 Å². The lowest BCUT2D eigenvalue weighted by molar-refractivity contribution is 0.103. The van der Waals surface area contributed by atoms with Gasteiger partial charge in [-0.15, -0.1) is 17.9 Å². The summed E-state index contributed by atoms with van der Waals surface area (Å²) in [5, 5.41) is 3.78. The zero-order chi connectivity index (χ0) is 18.1. The minimum atomic E-state index is -0.202. The summed E-state index contributed by atoms with van der Waals surface area (Å²) >= 11 is 1.34. The van der Waals surface area contributed by atoms with Crippen molar-refractivity contribution >= 4 is 38.8 Å². The molecule has 2 aromatic heterocycles. The maximum atomic E-state index is 12.7. The smallest absolute Gasteiger partial charge is 0.267 e. The van der Waals surface area contributed by atoms with E-state index >= 15 is 0 Å². The van der Waals surface area contributed by atoms with E-state index < -0.39 is 0 Å². The molecule has 3 N–H and O–H groups in total. The fourth-order valence-corrected chi connectivity index (χ4v) is 4.05. The van der Waals surface area contributed by atoms with Crippen LogP contribution in [0, 0.1) is 20.8 Å². The Morgan fingerprint density at radius 3 is 2.60 bits per heavy atom. The highest BCUT2D eigenvalue weighted by molar-refractivity contribution is 7.21. The lowest BCUT2D eigenvalue weighted by Gasteiger charge is -2.09. The van der Waals surface area contributed by atoms with Gasteiger partial charge in [0.15, 0.2) is 0 Å². The van der Waals surface area contributed by atoms with Gasteiger partial charge >= 0.3 is 0 Å². The average Bonchev–Trinajstić information content (AvgIpc) is 2.90. The van der Waals surface area contributed by atoms with E-state index in [-0.39, 0.29) is 5.91 Å². The summed E-state index contributed by atoms with van der Waals surface area (Å²) in [7, 11) is 0. The fourth-order valence-electron chi connectivity index (χ4n) is 2.95. The zero-order valence-electron chi connectivity index (χ0n) is 14.6. The number of nitrogens with two attached hydrogens (primary N) is 1. The van der Waals surface area contributed by atoms with E-state index in [2.05, 4.69) is 16.9 Å². The zero-order valence-corrected chi connectivity index (χ0v) is 15.5. The number of hydrogen-bond donors (Lipinski definition) is 2. The van der Waals surface area contributed by atoms with Crippen LogP contribution in [0.1, 0.15) is 32.1 Å². The van der Waals surface area contributed by atoms with Crippen molar-refractivity contribution in [2.45, 2.75) is 27.2 Å². The average molecular weight is 351 g/mol. The molecule has 3 aromatic rings. The molecule has 0 spiro atoms. The lowest BCUT2D eigenvalue weighted by atomic mass is 10.0. The number of hydrogen-bond acceptors (Lipinski definition) is 4. The monoisotopic (exact) mass is 351 g/mol. The van der Waals surface area contributed by atoms with Crippen molar-refractivity contribution in [3.8, 4) is 0 Å². The van der Waals surface area contributed by atoms with Crippen LogP contribution in [0.25, 0.3) is 10.2 Å². The van der Waals surface area contributed by atoms with E-state index in [1.54, 1.807) is 0 Å². The second kappa shape index (κ2) is 6.69. The van der Waals surface area contributed by atoms with Crippen LogP contribution in [0.2, 0.25) is 0 Å². The second-order valence-electron chi connectivity index (χ2n) is 6.14. The third kappa shape index (κ3) is 3.15. The quantitative estimate of drug-likeness (QED) is 0.664. The molecular formula is C20H21N3OS. The first kappa shape index (κ1) is 17.2. The van der Waals surface area contributed by atoms with Crippen LogP contribution >= 0.6 is 11.3 Å². The Morgan fingerprint density at radius 1 is 1.28 bits per heavy atom. The van der Waals surface area contributed by atoms with Gasteiger partial charge in [0.1, 0.15) is 9.71 Å². The highest BCUT2D eigenvalue weighted by Gasteiger charge is 2.21. The molecule has 0 aliphatic heterocycles. The van der Waals surface area contributed by atoms with Crippen molar-refractivity contribution in [3.05, 3.63) is 64.2 Å². The van der Waals surface area contributed by atoms with E-state index in [9.17, 15) is 4.79 Å². The normalized spacial score (nSPS) is 10.8. The number of allylic oxidation sites excluding steroid dienone is 1. The summed E-state index contributed by atoms with van der Waals surface area (Å²) in [5.41, 5.74) is 11.9. The molecule has 0 atom stereocenters. The molecule has 5 heteroatoms. The summed E-state index contributed by atoms with van der Waals surface area (Å²) in [6.07, 6.45) is 2.59. The van der Waals surface area contributed by atoms with Crippen molar-refractivity contribution in [1.29, 1.82) is 0 Å². The first-order chi connectivity index (χ1) is 11.9. The Bertz CT molecular complexity index is 971. The van der Waals surface area contributed by atoms with Crippen molar-refractivity contribution in [3.63, 3.8) is 0 Å². The summed E-state index contributed by atoms with van der Waals surface area (Å²) in [6.45, 7) is 9.82. The predicted octanol–water partition coefficient (Wildman–Crippen LogP) is 4.78. The summed E-state index contributed by atoms with van der Waals surface area (Å²) in [5.74, 6) is -0.202. The van der Waals surface area contributed by atoms with Gasteiger partial charge in [0.25, 0.3) is 5.91 Å². The molecule has 128 valence electrons. The number of aromatic nitrogens is 1. The molecule has 1 amide bonds. The number of benzene rings is 1. The molecule has 0 radical (unpaired) electrons. The third-order valence-corrected chi connectivity index (χ3v) is 5.42. The van der Waals surface area contributed by atoms with E-state index in [0.29, 0.717) is 10.6 Å². The number of carbonyl (C=O) groups is 1. The van der Waals surface area contributed by atoms with Gasteiger partial charge in [-0.1, -0.05) is 23.8 Å². The van der Waals surface area contributed by atoms with E-state index in [1.807, 2.05) is 51.1 Å². The number of rotatable bonds is 4. The first-order valence-electron chi connectivity index (χ1n) is 8.09. The molecule has 0 saturated heterocycles. The van der Waals surface area contributed by atoms with Gasteiger partial charge in [0.05, 0.1) is 5.69 Å². The SMILES string of the molecule is C=CCc1c(C)nc2sc(C(=O)Nc3ccc(C)cc3)c(N)c2c1C. The van der Waals surface area contributed by atoms with Crippen molar-refractivity contribution in [2.75, 3.05) is 11.1 Å². The van der Waals surface area contributed by atoms with Crippen LogP contribution in [0.4, 0.5) is 11.4 Å². The van der Waals surface area contributed by atoms with Crippen LogP contribution in [0.5, 0.6) is 0 Å². The van der Waals surface area contributed by atoms with E-state index in [1.165, 1.54) is 11.3 Å². The van der Waals surface area contributed by atoms with Crippen molar-refractivity contribution in [1.82, 2.24) is 4.98 Å². The number of nitrogen functional groups attached to an aromatic ring is 1. The molecular weight excluding hydrogens is 330 g/mol. The number of aryl methyl sites for hydroxylation is 3. The van der Waals surface area contributed by atoms with Crippen molar-refractivity contribution in [2.24, 2.45) is 0 Å². The van der Waals surface area contributed by atoms with Crippen LogP contribution in [0.15, 0.2) is 36.9 Å². The Morgan fingerprint density at radius 2 is 1.96 bits per heavy atom. The summed E-state index contributed by atoms with van der Waals surface area (Å²) in [4.78, 5) is 18.6. The van der Waals surface area contributed by atoms with Gasteiger partial charge in [0, 0.05) is 16.8 Å².